The highest BCUT2D eigenvalue weighted by Gasteiger charge is 2.33. The lowest BCUT2D eigenvalue weighted by Crippen LogP contribution is -2.41. The monoisotopic (exact) mass is 624 g/mol. The predicted molar refractivity (Wildman–Crippen MR) is 148 cm³/mol. The minimum atomic E-state index is -2.97. The molecule has 43 heavy (non-hydrogen) atoms. The van der Waals surface area contributed by atoms with Gasteiger partial charge in [0.25, 0.3) is 0 Å². The molecule has 1 amide bonds. The lowest BCUT2D eigenvalue weighted by atomic mass is 9.96. The summed E-state index contributed by atoms with van der Waals surface area (Å²) >= 11 is 0. The van der Waals surface area contributed by atoms with Gasteiger partial charge in [-0.25, -0.2) is 35.3 Å². The van der Waals surface area contributed by atoms with Gasteiger partial charge in [0.1, 0.15) is 27.2 Å². The van der Waals surface area contributed by atoms with E-state index in [9.17, 15) is 46.0 Å². The van der Waals surface area contributed by atoms with Crippen LogP contribution in [0.4, 0.5) is 27.6 Å². The first kappa shape index (κ1) is 32.1. The molecule has 1 unspecified atom stereocenters. The maximum absolute atomic E-state index is 14.5. The van der Waals surface area contributed by atoms with E-state index in [1.807, 2.05) is 24.3 Å². The molecule has 1 aliphatic carbocycles. The standard InChI is InChI=1S/C30H29F5N2O5S/c1-2-13-36(43(42)29-27(34)25(32)24(31)26(33)28(29)35)16-23(39)37(20-11-12-21(30(40)41)22(38)14-20)15-17-7-9-19(10-8-17)18-5-3-4-6-18/h7-12,14,18,38H,2-6,13,15-16H2,1H3,(H,40,41). The van der Waals surface area contributed by atoms with Crippen LogP contribution >= 0.6 is 0 Å². The molecule has 0 aliphatic heterocycles. The van der Waals surface area contributed by atoms with Gasteiger partial charge in [-0.1, -0.05) is 44.0 Å². The number of aromatic hydroxyl groups is 1. The van der Waals surface area contributed by atoms with E-state index in [0.29, 0.717) is 11.5 Å². The van der Waals surface area contributed by atoms with Crippen molar-refractivity contribution in [2.24, 2.45) is 0 Å². The highest BCUT2D eigenvalue weighted by Crippen LogP contribution is 2.34. The average Bonchev–Trinajstić information content (AvgIpc) is 3.53. The number of halogens is 5. The highest BCUT2D eigenvalue weighted by molar-refractivity contribution is 7.82. The fraction of sp³-hybridized carbons (Fsp3) is 0.333. The second-order valence-electron chi connectivity index (χ2n) is 10.2. The zero-order valence-electron chi connectivity index (χ0n) is 23.1. The van der Waals surface area contributed by atoms with Gasteiger partial charge in [-0.2, -0.15) is 0 Å². The van der Waals surface area contributed by atoms with E-state index in [1.54, 1.807) is 6.92 Å². The number of nitrogens with zero attached hydrogens (tertiary/aromatic N) is 2. The molecule has 13 heteroatoms. The zero-order valence-corrected chi connectivity index (χ0v) is 23.9. The number of anilines is 1. The van der Waals surface area contributed by atoms with Crippen LogP contribution in [0, 0.1) is 29.1 Å². The smallest absolute Gasteiger partial charge is 0.339 e. The Morgan fingerprint density at radius 1 is 0.907 bits per heavy atom. The van der Waals surface area contributed by atoms with Crippen molar-refractivity contribution in [3.63, 3.8) is 0 Å². The van der Waals surface area contributed by atoms with Crippen molar-refractivity contribution in [2.75, 3.05) is 18.0 Å². The van der Waals surface area contributed by atoms with E-state index in [1.165, 1.54) is 6.07 Å². The van der Waals surface area contributed by atoms with Crippen LogP contribution in [-0.2, 0) is 22.3 Å². The number of amides is 1. The number of rotatable bonds is 11. The lowest BCUT2D eigenvalue weighted by Gasteiger charge is -2.27. The molecule has 3 aromatic rings. The molecule has 1 saturated carbocycles. The van der Waals surface area contributed by atoms with E-state index < -0.39 is 74.7 Å². The average molecular weight is 625 g/mol. The van der Waals surface area contributed by atoms with Crippen molar-refractivity contribution in [3.05, 3.63) is 88.2 Å². The molecule has 0 heterocycles. The quantitative estimate of drug-likeness (QED) is 0.146. The van der Waals surface area contributed by atoms with E-state index in [2.05, 4.69) is 0 Å². The van der Waals surface area contributed by atoms with Crippen LogP contribution in [0.15, 0.2) is 47.4 Å². The van der Waals surface area contributed by atoms with Gasteiger partial charge >= 0.3 is 5.97 Å². The number of carboxylic acid groups (broad SMARTS) is 1. The topological polar surface area (TPSA) is 98.2 Å². The van der Waals surface area contributed by atoms with Gasteiger partial charge in [-0.05, 0) is 48.4 Å². The van der Waals surface area contributed by atoms with Crippen molar-refractivity contribution < 1.29 is 46.0 Å². The summed E-state index contributed by atoms with van der Waals surface area (Å²) in [5.74, 6) is -13.9. The van der Waals surface area contributed by atoms with Gasteiger partial charge in [0.2, 0.25) is 11.7 Å². The molecule has 7 nitrogen and oxygen atoms in total. The number of carbonyl (C=O) groups excluding carboxylic acids is 1. The van der Waals surface area contributed by atoms with Crippen molar-refractivity contribution in [3.8, 4) is 5.75 Å². The molecule has 0 aromatic heterocycles. The Morgan fingerprint density at radius 2 is 1.49 bits per heavy atom. The molecule has 0 bridgehead atoms. The minimum absolute atomic E-state index is 0.0610. The minimum Gasteiger partial charge on any atom is -0.507 e. The van der Waals surface area contributed by atoms with Crippen molar-refractivity contribution in [1.82, 2.24) is 4.31 Å². The summed E-state index contributed by atoms with van der Waals surface area (Å²) in [6, 6.07) is 10.9. The molecule has 0 radical (unpaired) electrons. The Morgan fingerprint density at radius 3 is 2.02 bits per heavy atom. The molecule has 0 spiro atoms. The number of phenols is 1. The van der Waals surface area contributed by atoms with Crippen LogP contribution in [0.1, 0.15) is 66.4 Å². The number of carbonyl (C=O) groups is 2. The number of aromatic carboxylic acids is 1. The van der Waals surface area contributed by atoms with Crippen LogP contribution in [-0.4, -0.2) is 43.7 Å². The maximum atomic E-state index is 14.5. The number of hydrogen-bond acceptors (Lipinski definition) is 4. The molecule has 4 rings (SSSR count). The zero-order chi connectivity index (χ0) is 31.4. The Kier molecular flexibility index (Phi) is 10.2. The molecule has 2 N–H and O–H groups in total. The Hall–Kier alpha value is -3.84. The first-order valence-electron chi connectivity index (χ1n) is 13.6. The van der Waals surface area contributed by atoms with Crippen LogP contribution in [0.5, 0.6) is 5.75 Å². The van der Waals surface area contributed by atoms with Crippen LogP contribution in [0.3, 0.4) is 0 Å². The van der Waals surface area contributed by atoms with E-state index >= 15 is 0 Å². The largest absolute Gasteiger partial charge is 0.507 e. The van der Waals surface area contributed by atoms with Crippen molar-refractivity contribution >= 4 is 28.5 Å². The number of carboxylic acids is 1. The van der Waals surface area contributed by atoms with Crippen molar-refractivity contribution in [2.45, 2.75) is 56.4 Å². The normalized spacial score (nSPS) is 14.3. The summed E-state index contributed by atoms with van der Waals surface area (Å²) in [4.78, 5) is 24.7. The third-order valence-corrected chi connectivity index (χ3v) is 8.82. The predicted octanol–water partition coefficient (Wildman–Crippen LogP) is 6.41. The van der Waals surface area contributed by atoms with Gasteiger partial charge in [-0.15, -0.1) is 0 Å². The molecule has 1 atom stereocenters. The van der Waals surface area contributed by atoms with Gasteiger partial charge in [0.15, 0.2) is 23.3 Å². The lowest BCUT2D eigenvalue weighted by molar-refractivity contribution is -0.118. The second-order valence-corrected chi connectivity index (χ2v) is 11.6. The van der Waals surface area contributed by atoms with E-state index in [-0.39, 0.29) is 25.2 Å². The summed E-state index contributed by atoms with van der Waals surface area (Å²) in [5.41, 5.74) is 1.44. The molecular formula is C30H29F5N2O5S. The molecule has 1 aliphatic rings. The summed E-state index contributed by atoms with van der Waals surface area (Å²) in [5, 5.41) is 19.6. The van der Waals surface area contributed by atoms with Gasteiger partial charge in [0, 0.05) is 18.3 Å². The molecule has 1 fully saturated rings. The molecule has 3 aromatic carbocycles. The highest BCUT2D eigenvalue weighted by atomic mass is 32.2. The summed E-state index contributed by atoms with van der Waals surface area (Å²) < 4.78 is 84.3. The molecule has 0 saturated heterocycles. The third-order valence-electron chi connectivity index (χ3n) is 7.33. The molecule has 230 valence electrons. The third kappa shape index (κ3) is 6.88. The Balaban J connectivity index is 1.67. The maximum Gasteiger partial charge on any atom is 0.339 e. The van der Waals surface area contributed by atoms with E-state index in [4.69, 9.17) is 0 Å². The van der Waals surface area contributed by atoms with Crippen LogP contribution < -0.4 is 4.90 Å². The Labute approximate surface area is 247 Å². The fourth-order valence-electron chi connectivity index (χ4n) is 5.10. The van der Waals surface area contributed by atoms with Crippen LogP contribution in [0.25, 0.3) is 0 Å². The molecular weight excluding hydrogens is 595 g/mol. The fourth-order valence-corrected chi connectivity index (χ4v) is 6.42. The first-order valence-corrected chi connectivity index (χ1v) is 14.7. The summed E-state index contributed by atoms with van der Waals surface area (Å²) in [6.07, 6.45) is 4.64. The van der Waals surface area contributed by atoms with Gasteiger partial charge in [-0.3, -0.25) is 4.79 Å². The first-order chi connectivity index (χ1) is 20.4. The number of hydrogen-bond donors (Lipinski definition) is 2. The Bertz CT molecular complexity index is 1520. The van der Waals surface area contributed by atoms with Crippen molar-refractivity contribution in [1.29, 1.82) is 0 Å². The van der Waals surface area contributed by atoms with Crippen LogP contribution in [0.2, 0.25) is 0 Å². The second kappa shape index (κ2) is 13.6. The van der Waals surface area contributed by atoms with E-state index in [0.717, 1.165) is 52.6 Å². The SMILES string of the molecule is CCCN(CC(=O)N(Cc1ccc(C2CCCC2)cc1)c1ccc(C(=O)O)c(O)c1)S(=O)c1c(F)c(F)c(F)c(F)c1F. The van der Waals surface area contributed by atoms with Gasteiger partial charge in [0.05, 0.1) is 13.1 Å². The number of benzene rings is 3. The summed E-state index contributed by atoms with van der Waals surface area (Å²) in [7, 11) is -2.97. The summed E-state index contributed by atoms with van der Waals surface area (Å²) in [6.45, 7) is 0.511. The van der Waals surface area contributed by atoms with Gasteiger partial charge < -0.3 is 15.1 Å².